The molecule has 1 N–H and O–H groups in total. The van der Waals surface area contributed by atoms with E-state index in [1.165, 1.54) is 0 Å². The van der Waals surface area contributed by atoms with Crippen molar-refractivity contribution in [2.24, 2.45) is 0 Å². The zero-order valence-electron chi connectivity index (χ0n) is 11.0. The van der Waals surface area contributed by atoms with E-state index in [2.05, 4.69) is 15.2 Å². The second-order valence-electron chi connectivity index (χ2n) is 4.73. The number of amides is 1. The number of H-pyrrole nitrogens is 1. The average Bonchev–Trinajstić information content (AvgIpc) is 3.02. The largest absolute Gasteiger partial charge is 0.377 e. The van der Waals surface area contributed by atoms with E-state index >= 15 is 0 Å². The minimum Gasteiger partial charge on any atom is -0.377 e. The Hall–Kier alpha value is -2.21. The number of rotatable bonds is 3. The molecule has 1 saturated heterocycles. The maximum Gasteiger partial charge on any atom is 0.227 e. The fraction of sp³-hybridized carbons (Fsp3) is 0.357. The van der Waals surface area contributed by atoms with Crippen LogP contribution in [-0.4, -0.2) is 45.7 Å². The maximum absolute atomic E-state index is 12.5. The van der Waals surface area contributed by atoms with Crippen molar-refractivity contribution < 1.29 is 9.53 Å². The molecule has 1 aliphatic rings. The predicted octanol–water partition coefficient (Wildman–Crippen LogP) is 0.947. The van der Waals surface area contributed by atoms with Gasteiger partial charge in [-0.25, -0.2) is 0 Å². The van der Waals surface area contributed by atoms with E-state index in [1.54, 1.807) is 18.6 Å². The summed E-state index contributed by atoms with van der Waals surface area (Å²) < 4.78 is 5.48. The number of nitrogens with one attached hydrogen (secondary N) is 1. The molecule has 6 heteroatoms. The number of ether oxygens (including phenoxy) is 1. The molecule has 3 rings (SSSR count). The number of hydrogen-bond acceptors (Lipinski definition) is 4. The Bertz CT molecular complexity index is 556. The molecule has 0 bridgehead atoms. The first-order valence-electron chi connectivity index (χ1n) is 6.60. The molecule has 1 fully saturated rings. The molecule has 2 aromatic rings. The first-order valence-corrected chi connectivity index (χ1v) is 6.60. The van der Waals surface area contributed by atoms with Crippen molar-refractivity contribution in [2.45, 2.75) is 12.5 Å². The summed E-state index contributed by atoms with van der Waals surface area (Å²) in [5.41, 5.74) is 1.83. The summed E-state index contributed by atoms with van der Waals surface area (Å²) in [6.45, 7) is 1.67. The Labute approximate surface area is 116 Å². The van der Waals surface area contributed by atoms with Gasteiger partial charge in [0.2, 0.25) is 5.91 Å². The van der Waals surface area contributed by atoms with Gasteiger partial charge in [-0.1, -0.05) is 6.07 Å². The van der Waals surface area contributed by atoms with Crippen LogP contribution in [0, 0.1) is 0 Å². The van der Waals surface area contributed by atoms with E-state index in [0.717, 1.165) is 11.3 Å². The van der Waals surface area contributed by atoms with Crippen LogP contribution in [0.15, 0.2) is 36.8 Å². The van der Waals surface area contributed by atoms with Gasteiger partial charge in [-0.3, -0.25) is 14.9 Å². The van der Waals surface area contributed by atoms with Crippen molar-refractivity contribution in [2.75, 3.05) is 19.8 Å². The van der Waals surface area contributed by atoms with E-state index in [9.17, 15) is 4.79 Å². The molecule has 0 unspecified atom stereocenters. The third-order valence-electron chi connectivity index (χ3n) is 3.41. The van der Waals surface area contributed by atoms with Gasteiger partial charge in [0.25, 0.3) is 0 Å². The Morgan fingerprint density at radius 1 is 1.45 bits per heavy atom. The Morgan fingerprint density at radius 3 is 3.15 bits per heavy atom. The van der Waals surface area contributed by atoms with Gasteiger partial charge in [0.1, 0.15) is 0 Å². The van der Waals surface area contributed by atoms with E-state index in [0.29, 0.717) is 26.2 Å². The molecule has 0 saturated carbocycles. The number of carbonyl (C=O) groups excluding carboxylic acids is 1. The number of nitrogens with zero attached hydrogens (tertiary/aromatic N) is 3. The molecule has 104 valence electrons. The Balaban J connectivity index is 1.74. The number of hydrogen-bond donors (Lipinski definition) is 1. The first-order chi connectivity index (χ1) is 9.84. The van der Waals surface area contributed by atoms with E-state index in [1.807, 2.05) is 23.1 Å². The average molecular weight is 272 g/mol. The zero-order valence-corrected chi connectivity index (χ0v) is 11.0. The molecule has 20 heavy (non-hydrogen) atoms. The van der Waals surface area contributed by atoms with E-state index in [-0.39, 0.29) is 11.9 Å². The quantitative estimate of drug-likeness (QED) is 0.903. The van der Waals surface area contributed by atoms with Crippen LogP contribution >= 0.6 is 0 Å². The Kier molecular flexibility index (Phi) is 3.73. The third kappa shape index (κ3) is 2.70. The number of morpholine rings is 1. The van der Waals surface area contributed by atoms with Crippen molar-refractivity contribution in [3.05, 3.63) is 48.0 Å². The summed E-state index contributed by atoms with van der Waals surface area (Å²) in [5.74, 6) is 0.0842. The molecule has 1 amide bonds. The van der Waals surface area contributed by atoms with Crippen LogP contribution in [0.5, 0.6) is 0 Å². The molecular weight excluding hydrogens is 256 g/mol. The Morgan fingerprint density at radius 2 is 2.40 bits per heavy atom. The molecule has 6 nitrogen and oxygen atoms in total. The van der Waals surface area contributed by atoms with Crippen molar-refractivity contribution in [3.8, 4) is 0 Å². The van der Waals surface area contributed by atoms with Crippen LogP contribution in [0.2, 0.25) is 0 Å². The number of pyridine rings is 1. The molecule has 2 aromatic heterocycles. The molecule has 0 aromatic carbocycles. The van der Waals surface area contributed by atoms with Crippen molar-refractivity contribution in [1.82, 2.24) is 20.1 Å². The second kappa shape index (κ2) is 5.83. The van der Waals surface area contributed by atoms with Crippen LogP contribution < -0.4 is 0 Å². The molecule has 3 heterocycles. The predicted molar refractivity (Wildman–Crippen MR) is 71.8 cm³/mol. The molecule has 1 atom stereocenters. The lowest BCUT2D eigenvalue weighted by Gasteiger charge is -2.35. The summed E-state index contributed by atoms with van der Waals surface area (Å²) in [6, 6.07) is 5.55. The molecule has 0 radical (unpaired) electrons. The summed E-state index contributed by atoms with van der Waals surface area (Å²) in [4.78, 5) is 18.4. The SMILES string of the molecule is O=C(Cc1cccnc1)N1CCOC[C@H]1c1ccn[nH]1. The van der Waals surface area contributed by atoms with Gasteiger partial charge in [-0.15, -0.1) is 0 Å². The summed E-state index contributed by atoms with van der Waals surface area (Å²) in [7, 11) is 0. The topological polar surface area (TPSA) is 71.1 Å². The van der Waals surface area contributed by atoms with Crippen molar-refractivity contribution >= 4 is 5.91 Å². The van der Waals surface area contributed by atoms with Gasteiger partial charge in [0, 0.05) is 25.1 Å². The smallest absolute Gasteiger partial charge is 0.227 e. The van der Waals surface area contributed by atoms with Crippen molar-refractivity contribution in [1.29, 1.82) is 0 Å². The lowest BCUT2D eigenvalue weighted by molar-refractivity contribution is -0.139. The summed E-state index contributed by atoms with van der Waals surface area (Å²) in [5, 5.41) is 6.87. The highest BCUT2D eigenvalue weighted by Crippen LogP contribution is 2.23. The number of aromatic amines is 1. The van der Waals surface area contributed by atoms with E-state index in [4.69, 9.17) is 4.74 Å². The number of aromatic nitrogens is 3. The maximum atomic E-state index is 12.5. The summed E-state index contributed by atoms with van der Waals surface area (Å²) >= 11 is 0. The van der Waals surface area contributed by atoms with Crippen LogP contribution in [0.3, 0.4) is 0 Å². The van der Waals surface area contributed by atoms with E-state index < -0.39 is 0 Å². The molecular formula is C14H16N4O2. The van der Waals surface area contributed by atoms with Gasteiger partial charge in [-0.05, 0) is 17.7 Å². The van der Waals surface area contributed by atoms with Gasteiger partial charge < -0.3 is 9.64 Å². The fourth-order valence-electron chi connectivity index (χ4n) is 2.39. The standard InChI is InChI=1S/C14H16N4O2/c19-14(8-11-2-1-4-15-9-11)18-6-7-20-10-13(18)12-3-5-16-17-12/h1-5,9,13H,6-8,10H2,(H,16,17)/t13-/m0/s1. The molecule has 0 spiro atoms. The summed E-state index contributed by atoms with van der Waals surface area (Å²) in [6.07, 6.45) is 5.48. The van der Waals surface area contributed by atoms with Crippen LogP contribution in [0.4, 0.5) is 0 Å². The molecule has 1 aliphatic heterocycles. The van der Waals surface area contributed by atoms with Crippen molar-refractivity contribution in [3.63, 3.8) is 0 Å². The highest BCUT2D eigenvalue weighted by molar-refractivity contribution is 5.79. The minimum absolute atomic E-state index is 0.0842. The monoisotopic (exact) mass is 272 g/mol. The van der Waals surface area contributed by atoms with Crippen LogP contribution in [-0.2, 0) is 16.0 Å². The third-order valence-corrected chi connectivity index (χ3v) is 3.41. The lowest BCUT2D eigenvalue weighted by atomic mass is 10.1. The zero-order chi connectivity index (χ0) is 13.8. The van der Waals surface area contributed by atoms with Gasteiger partial charge in [0.05, 0.1) is 31.4 Å². The van der Waals surface area contributed by atoms with Gasteiger partial charge >= 0.3 is 0 Å². The number of carbonyl (C=O) groups is 1. The van der Waals surface area contributed by atoms with Gasteiger partial charge in [0.15, 0.2) is 0 Å². The minimum atomic E-state index is -0.0876. The normalized spacial score (nSPS) is 19.0. The van der Waals surface area contributed by atoms with Crippen LogP contribution in [0.25, 0.3) is 0 Å². The second-order valence-corrected chi connectivity index (χ2v) is 4.73. The highest BCUT2D eigenvalue weighted by Gasteiger charge is 2.29. The highest BCUT2D eigenvalue weighted by atomic mass is 16.5. The van der Waals surface area contributed by atoms with Crippen LogP contribution in [0.1, 0.15) is 17.3 Å². The fourth-order valence-corrected chi connectivity index (χ4v) is 2.39. The molecule has 0 aliphatic carbocycles. The first kappa shape index (κ1) is 12.8. The lowest BCUT2D eigenvalue weighted by Crippen LogP contribution is -2.44. The van der Waals surface area contributed by atoms with Gasteiger partial charge in [-0.2, -0.15) is 5.10 Å².